The molecular weight excluding hydrogens is 194 g/mol. The van der Waals surface area contributed by atoms with Crippen molar-refractivity contribution in [2.75, 3.05) is 6.61 Å². The van der Waals surface area contributed by atoms with Gasteiger partial charge in [0.15, 0.2) is 5.69 Å². The van der Waals surface area contributed by atoms with Crippen molar-refractivity contribution in [3.8, 4) is 0 Å². The van der Waals surface area contributed by atoms with Crippen LogP contribution in [0.1, 0.15) is 42.9 Å². The smallest absolute Gasteiger partial charge is 0.360 e. The van der Waals surface area contributed by atoms with Crippen LogP contribution in [0.25, 0.3) is 0 Å². The molecule has 0 radical (unpaired) electrons. The van der Waals surface area contributed by atoms with Crippen LogP contribution in [0.5, 0.6) is 0 Å². The summed E-state index contributed by atoms with van der Waals surface area (Å²) < 4.78 is 6.55. The van der Waals surface area contributed by atoms with Gasteiger partial charge in [0.05, 0.1) is 12.3 Å². The fourth-order valence-electron chi connectivity index (χ4n) is 1.36. The highest BCUT2D eigenvalue weighted by molar-refractivity contribution is 5.88. The minimum atomic E-state index is -0.378. The molecule has 1 heterocycles. The van der Waals surface area contributed by atoms with Gasteiger partial charge in [0, 0.05) is 7.05 Å². The lowest BCUT2D eigenvalue weighted by Gasteiger charge is -2.02. The number of aryl methyl sites for hydroxylation is 1. The average molecular weight is 211 g/mol. The molecule has 0 atom stereocenters. The van der Waals surface area contributed by atoms with Crippen molar-refractivity contribution in [2.24, 2.45) is 7.05 Å². The van der Waals surface area contributed by atoms with E-state index in [1.807, 2.05) is 0 Å². The van der Waals surface area contributed by atoms with Crippen LogP contribution in [0, 0.1) is 0 Å². The number of ether oxygens (including phenoxy) is 1. The van der Waals surface area contributed by atoms with Gasteiger partial charge in [-0.3, -0.25) is 4.68 Å². The molecule has 0 fully saturated rings. The maximum Gasteiger partial charge on any atom is 0.360 e. The van der Waals surface area contributed by atoms with E-state index in [1.165, 1.54) is 0 Å². The Morgan fingerprint density at radius 3 is 2.80 bits per heavy atom. The van der Waals surface area contributed by atoms with Gasteiger partial charge in [0.2, 0.25) is 0 Å². The normalized spacial score (nSPS) is 10.3. The van der Waals surface area contributed by atoms with Gasteiger partial charge < -0.3 is 4.74 Å². The molecular formula is C10H17N3O2. The predicted molar refractivity (Wildman–Crippen MR) is 55.6 cm³/mol. The van der Waals surface area contributed by atoms with Crippen LogP contribution in [0.4, 0.5) is 0 Å². The van der Waals surface area contributed by atoms with E-state index in [2.05, 4.69) is 17.2 Å². The lowest BCUT2D eigenvalue weighted by Crippen LogP contribution is -2.09. The highest BCUT2D eigenvalue weighted by Crippen LogP contribution is 2.09. The number of carbonyl (C=O) groups excluding carboxylic acids is 1. The Labute approximate surface area is 89.4 Å². The number of hydrogen-bond acceptors (Lipinski definition) is 4. The summed E-state index contributed by atoms with van der Waals surface area (Å²) in [5.41, 5.74) is 1.21. The minimum Gasteiger partial charge on any atom is -0.461 e. The van der Waals surface area contributed by atoms with Gasteiger partial charge in [0.25, 0.3) is 0 Å². The first kappa shape index (κ1) is 11.7. The van der Waals surface area contributed by atoms with Gasteiger partial charge in [-0.2, -0.15) is 0 Å². The molecule has 0 aromatic carbocycles. The molecule has 15 heavy (non-hydrogen) atoms. The molecule has 0 saturated carbocycles. The minimum absolute atomic E-state index is 0.354. The highest BCUT2D eigenvalue weighted by atomic mass is 16.5. The largest absolute Gasteiger partial charge is 0.461 e. The molecule has 0 bridgehead atoms. The molecule has 0 amide bonds. The zero-order valence-corrected chi connectivity index (χ0v) is 9.49. The second-order valence-electron chi connectivity index (χ2n) is 3.33. The van der Waals surface area contributed by atoms with E-state index in [0.717, 1.165) is 25.0 Å². The van der Waals surface area contributed by atoms with Gasteiger partial charge >= 0.3 is 5.97 Å². The Morgan fingerprint density at radius 1 is 1.47 bits per heavy atom. The fourth-order valence-corrected chi connectivity index (χ4v) is 1.36. The van der Waals surface area contributed by atoms with Gasteiger partial charge in [-0.25, -0.2) is 4.79 Å². The van der Waals surface area contributed by atoms with E-state index in [9.17, 15) is 4.79 Å². The number of esters is 1. The standard InChI is InChI=1S/C10H17N3O2/c1-4-6-7-8-9(10(14)15-5-2)11-12-13(8)3/h4-7H2,1-3H3. The Morgan fingerprint density at radius 2 is 2.20 bits per heavy atom. The van der Waals surface area contributed by atoms with Gasteiger partial charge in [-0.05, 0) is 19.8 Å². The van der Waals surface area contributed by atoms with Crippen LogP contribution in [0.2, 0.25) is 0 Å². The Balaban J connectivity index is 2.82. The first-order valence-corrected chi connectivity index (χ1v) is 5.26. The summed E-state index contributed by atoms with van der Waals surface area (Å²) in [6, 6.07) is 0. The van der Waals surface area contributed by atoms with E-state index in [1.54, 1.807) is 18.7 Å². The average Bonchev–Trinajstić information content (AvgIpc) is 2.57. The summed E-state index contributed by atoms with van der Waals surface area (Å²) in [4.78, 5) is 11.5. The number of aromatic nitrogens is 3. The van der Waals surface area contributed by atoms with E-state index < -0.39 is 0 Å². The van der Waals surface area contributed by atoms with Crippen molar-refractivity contribution in [1.82, 2.24) is 15.0 Å². The maximum atomic E-state index is 11.5. The fraction of sp³-hybridized carbons (Fsp3) is 0.700. The van der Waals surface area contributed by atoms with Crippen LogP contribution >= 0.6 is 0 Å². The Bertz CT molecular complexity index is 333. The molecule has 1 aromatic rings. The molecule has 1 rings (SSSR count). The Hall–Kier alpha value is -1.39. The molecule has 0 aliphatic carbocycles. The van der Waals surface area contributed by atoms with Crippen LogP contribution in [-0.4, -0.2) is 27.6 Å². The summed E-state index contributed by atoms with van der Waals surface area (Å²) >= 11 is 0. The van der Waals surface area contributed by atoms with Crippen molar-refractivity contribution < 1.29 is 9.53 Å². The van der Waals surface area contributed by atoms with E-state index in [0.29, 0.717) is 12.3 Å². The number of rotatable bonds is 5. The molecule has 0 aliphatic rings. The van der Waals surface area contributed by atoms with Crippen LogP contribution < -0.4 is 0 Å². The van der Waals surface area contributed by atoms with Gasteiger partial charge in [-0.1, -0.05) is 18.6 Å². The molecule has 1 aromatic heterocycles. The highest BCUT2D eigenvalue weighted by Gasteiger charge is 2.18. The first-order chi connectivity index (χ1) is 7.20. The monoisotopic (exact) mass is 211 g/mol. The topological polar surface area (TPSA) is 57.0 Å². The van der Waals surface area contributed by atoms with Crippen molar-refractivity contribution >= 4 is 5.97 Å². The summed E-state index contributed by atoms with van der Waals surface area (Å²) in [7, 11) is 1.79. The predicted octanol–water partition coefficient (Wildman–Crippen LogP) is 1.33. The first-order valence-electron chi connectivity index (χ1n) is 5.26. The molecule has 5 nitrogen and oxygen atoms in total. The number of unbranched alkanes of at least 4 members (excludes halogenated alkanes) is 1. The lowest BCUT2D eigenvalue weighted by molar-refractivity contribution is 0.0518. The third-order valence-electron chi connectivity index (χ3n) is 2.18. The van der Waals surface area contributed by atoms with Crippen molar-refractivity contribution in [2.45, 2.75) is 33.1 Å². The second kappa shape index (κ2) is 5.48. The van der Waals surface area contributed by atoms with E-state index in [4.69, 9.17) is 4.74 Å². The van der Waals surface area contributed by atoms with E-state index in [-0.39, 0.29) is 5.97 Å². The third-order valence-corrected chi connectivity index (χ3v) is 2.18. The van der Waals surface area contributed by atoms with Gasteiger partial charge in [0.1, 0.15) is 0 Å². The maximum absolute atomic E-state index is 11.5. The molecule has 84 valence electrons. The molecule has 5 heteroatoms. The van der Waals surface area contributed by atoms with Crippen LogP contribution in [-0.2, 0) is 18.2 Å². The quantitative estimate of drug-likeness (QED) is 0.689. The molecule has 0 saturated heterocycles. The third kappa shape index (κ3) is 2.78. The van der Waals surface area contributed by atoms with Crippen molar-refractivity contribution in [3.05, 3.63) is 11.4 Å². The zero-order valence-electron chi connectivity index (χ0n) is 9.49. The molecule has 0 N–H and O–H groups in total. The van der Waals surface area contributed by atoms with Gasteiger partial charge in [-0.15, -0.1) is 5.10 Å². The van der Waals surface area contributed by atoms with Crippen molar-refractivity contribution in [1.29, 1.82) is 0 Å². The summed E-state index contributed by atoms with van der Waals surface area (Å²) in [5, 5.41) is 7.66. The summed E-state index contributed by atoms with van der Waals surface area (Å²) in [6.45, 7) is 4.25. The lowest BCUT2D eigenvalue weighted by atomic mass is 10.1. The number of nitrogens with zero attached hydrogens (tertiary/aromatic N) is 3. The van der Waals surface area contributed by atoms with Crippen LogP contribution in [0.3, 0.4) is 0 Å². The summed E-state index contributed by atoms with van der Waals surface area (Å²) in [5.74, 6) is -0.378. The SMILES string of the molecule is CCCCc1c(C(=O)OCC)nnn1C. The molecule has 0 unspecified atom stereocenters. The second-order valence-corrected chi connectivity index (χ2v) is 3.33. The molecule has 0 spiro atoms. The Kier molecular flexibility index (Phi) is 4.27. The van der Waals surface area contributed by atoms with E-state index >= 15 is 0 Å². The van der Waals surface area contributed by atoms with Crippen LogP contribution in [0.15, 0.2) is 0 Å². The molecule has 0 aliphatic heterocycles. The number of carbonyl (C=O) groups is 1. The number of hydrogen-bond donors (Lipinski definition) is 0. The van der Waals surface area contributed by atoms with Crippen molar-refractivity contribution in [3.63, 3.8) is 0 Å². The summed E-state index contributed by atoms with van der Waals surface area (Å²) in [6.07, 6.45) is 2.91. The zero-order chi connectivity index (χ0) is 11.3.